The highest BCUT2D eigenvalue weighted by Gasteiger charge is 2.16. The van der Waals surface area contributed by atoms with Crippen LogP contribution in [-0.2, 0) is 11.2 Å². The molecule has 0 unspecified atom stereocenters. The van der Waals surface area contributed by atoms with Gasteiger partial charge in [0.15, 0.2) is 11.5 Å². The fraction of sp³-hybridized carbons (Fsp3) is 0.105. The van der Waals surface area contributed by atoms with Gasteiger partial charge >= 0.3 is 0 Å². The van der Waals surface area contributed by atoms with E-state index in [1.165, 1.54) is 25.1 Å². The van der Waals surface area contributed by atoms with Crippen LogP contribution in [0, 0.1) is 5.82 Å². The zero-order chi connectivity index (χ0) is 18.0. The summed E-state index contributed by atoms with van der Waals surface area (Å²) >= 11 is 0. The Bertz CT molecular complexity index is 969. The first-order valence-corrected chi connectivity index (χ1v) is 7.59. The molecule has 1 amide bonds. The number of fused-ring (bicyclic) bond motifs is 1. The molecule has 3 aromatic rings. The van der Waals surface area contributed by atoms with Crippen molar-refractivity contribution < 1.29 is 19.1 Å². The number of aromatic nitrogens is 1. The second-order valence-corrected chi connectivity index (χ2v) is 5.68. The van der Waals surface area contributed by atoms with E-state index in [0.717, 1.165) is 11.1 Å². The van der Waals surface area contributed by atoms with E-state index in [-0.39, 0.29) is 28.4 Å². The maximum Gasteiger partial charge on any atom is 0.211 e. The highest BCUT2D eigenvalue weighted by molar-refractivity contribution is 6.08. The molecule has 0 aliphatic carbocycles. The van der Waals surface area contributed by atoms with Gasteiger partial charge in [-0.1, -0.05) is 12.1 Å². The molecule has 1 heterocycles. The van der Waals surface area contributed by atoms with Crippen LogP contribution < -0.4 is 5.32 Å². The SMILES string of the molecule is CC(=O)c1cc(NC=O)c2cc(Cc3ccc(F)cc3)cnc2c1O. The highest BCUT2D eigenvalue weighted by atomic mass is 19.1. The number of phenolic OH excluding ortho intramolecular Hbond substituents is 1. The number of anilines is 1. The molecule has 3 rings (SSSR count). The van der Waals surface area contributed by atoms with E-state index in [2.05, 4.69) is 10.3 Å². The Hall–Kier alpha value is -3.28. The van der Waals surface area contributed by atoms with E-state index in [1.54, 1.807) is 24.4 Å². The number of aromatic hydroxyl groups is 1. The summed E-state index contributed by atoms with van der Waals surface area (Å²) in [7, 11) is 0. The number of amides is 1. The number of rotatable bonds is 5. The molecule has 0 aliphatic heterocycles. The minimum atomic E-state index is -0.328. The van der Waals surface area contributed by atoms with Gasteiger partial charge in [-0.05, 0) is 48.7 Å². The second kappa shape index (κ2) is 6.68. The number of benzene rings is 2. The summed E-state index contributed by atoms with van der Waals surface area (Å²) in [6.07, 6.45) is 2.60. The fourth-order valence-electron chi connectivity index (χ4n) is 2.71. The van der Waals surface area contributed by atoms with Crippen LogP contribution in [0.5, 0.6) is 5.75 Å². The van der Waals surface area contributed by atoms with Gasteiger partial charge in [0.2, 0.25) is 6.41 Å². The molecule has 126 valence electrons. The average Bonchev–Trinajstić information content (AvgIpc) is 2.59. The van der Waals surface area contributed by atoms with Crippen molar-refractivity contribution in [3.63, 3.8) is 0 Å². The first-order valence-electron chi connectivity index (χ1n) is 7.59. The smallest absolute Gasteiger partial charge is 0.211 e. The third-order valence-corrected chi connectivity index (χ3v) is 3.92. The maximum atomic E-state index is 13.0. The van der Waals surface area contributed by atoms with Crippen LogP contribution in [0.1, 0.15) is 28.4 Å². The number of pyridine rings is 1. The summed E-state index contributed by atoms with van der Waals surface area (Å²) in [5.74, 6) is -0.850. The van der Waals surface area contributed by atoms with Gasteiger partial charge in [0.05, 0.1) is 11.3 Å². The second-order valence-electron chi connectivity index (χ2n) is 5.68. The number of nitrogens with one attached hydrogen (secondary N) is 1. The molecule has 25 heavy (non-hydrogen) atoms. The molecule has 0 aliphatic rings. The molecule has 2 aromatic carbocycles. The summed E-state index contributed by atoms with van der Waals surface area (Å²) in [5.41, 5.74) is 2.44. The third-order valence-electron chi connectivity index (χ3n) is 3.92. The third kappa shape index (κ3) is 3.33. The lowest BCUT2D eigenvalue weighted by Crippen LogP contribution is -2.02. The minimum Gasteiger partial charge on any atom is -0.505 e. The van der Waals surface area contributed by atoms with Crippen molar-refractivity contribution in [2.24, 2.45) is 0 Å². The number of hydrogen-bond acceptors (Lipinski definition) is 4. The Labute approximate surface area is 143 Å². The van der Waals surface area contributed by atoms with E-state index in [0.29, 0.717) is 23.9 Å². The van der Waals surface area contributed by atoms with Gasteiger partial charge in [0, 0.05) is 11.6 Å². The van der Waals surface area contributed by atoms with E-state index in [4.69, 9.17) is 0 Å². The zero-order valence-electron chi connectivity index (χ0n) is 13.4. The number of Topliss-reactive ketones (excluding diaryl/α,β-unsaturated/α-hetero) is 1. The molecule has 0 saturated heterocycles. The maximum absolute atomic E-state index is 13.0. The Balaban J connectivity index is 2.10. The monoisotopic (exact) mass is 338 g/mol. The molecule has 0 bridgehead atoms. The minimum absolute atomic E-state index is 0.0932. The summed E-state index contributed by atoms with van der Waals surface area (Å²) in [5, 5.41) is 13.3. The molecule has 5 nitrogen and oxygen atoms in total. The van der Waals surface area contributed by atoms with E-state index in [9.17, 15) is 19.1 Å². The predicted molar refractivity (Wildman–Crippen MR) is 92.3 cm³/mol. The van der Waals surface area contributed by atoms with Crippen molar-refractivity contribution in [3.05, 3.63) is 65.1 Å². The van der Waals surface area contributed by atoms with Crippen LogP contribution in [-0.4, -0.2) is 22.3 Å². The van der Waals surface area contributed by atoms with E-state index in [1.807, 2.05) is 0 Å². The number of halogens is 1. The van der Waals surface area contributed by atoms with E-state index < -0.39 is 0 Å². The number of carbonyl (C=O) groups is 2. The first kappa shape index (κ1) is 16.6. The van der Waals surface area contributed by atoms with Gasteiger partial charge in [0.25, 0.3) is 0 Å². The number of nitrogens with zero attached hydrogens (tertiary/aromatic N) is 1. The van der Waals surface area contributed by atoms with Crippen LogP contribution in [0.3, 0.4) is 0 Å². The van der Waals surface area contributed by atoms with Crippen molar-refractivity contribution in [3.8, 4) is 5.75 Å². The molecule has 0 saturated carbocycles. The molecular weight excluding hydrogens is 323 g/mol. The number of ketones is 1. The predicted octanol–water partition coefficient (Wildman–Crippen LogP) is 3.44. The lowest BCUT2D eigenvalue weighted by molar-refractivity contribution is -0.105. The summed E-state index contributed by atoms with van der Waals surface area (Å²) in [4.78, 5) is 26.8. The van der Waals surface area contributed by atoms with Gasteiger partial charge in [0.1, 0.15) is 11.3 Å². The molecule has 6 heteroatoms. The van der Waals surface area contributed by atoms with E-state index >= 15 is 0 Å². The lowest BCUT2D eigenvalue weighted by Gasteiger charge is -2.11. The largest absolute Gasteiger partial charge is 0.505 e. The Morgan fingerprint density at radius 2 is 1.96 bits per heavy atom. The Kier molecular flexibility index (Phi) is 4.43. The van der Waals surface area contributed by atoms with Gasteiger partial charge < -0.3 is 10.4 Å². The van der Waals surface area contributed by atoms with Crippen molar-refractivity contribution in [2.75, 3.05) is 5.32 Å². The van der Waals surface area contributed by atoms with Crippen molar-refractivity contribution in [1.82, 2.24) is 4.98 Å². The van der Waals surface area contributed by atoms with Gasteiger partial charge in [-0.25, -0.2) is 4.39 Å². The molecule has 0 radical (unpaired) electrons. The molecule has 0 fully saturated rings. The Morgan fingerprint density at radius 3 is 2.60 bits per heavy atom. The summed E-state index contributed by atoms with van der Waals surface area (Å²) in [6.45, 7) is 1.33. The van der Waals surface area contributed by atoms with Crippen LogP contribution >= 0.6 is 0 Å². The van der Waals surface area contributed by atoms with Crippen LogP contribution in [0.25, 0.3) is 10.9 Å². The summed E-state index contributed by atoms with van der Waals surface area (Å²) < 4.78 is 13.0. The van der Waals surface area contributed by atoms with Gasteiger partial charge in [-0.3, -0.25) is 14.6 Å². The van der Waals surface area contributed by atoms with Crippen molar-refractivity contribution in [1.29, 1.82) is 0 Å². The fourth-order valence-corrected chi connectivity index (χ4v) is 2.71. The summed E-state index contributed by atoms with van der Waals surface area (Å²) in [6, 6.07) is 9.34. The topological polar surface area (TPSA) is 79.3 Å². The number of hydrogen-bond donors (Lipinski definition) is 2. The van der Waals surface area contributed by atoms with Crippen LogP contribution in [0.2, 0.25) is 0 Å². The molecule has 1 aromatic heterocycles. The quantitative estimate of drug-likeness (QED) is 0.424. The number of phenols is 1. The van der Waals surface area contributed by atoms with Crippen LogP contribution in [0.15, 0.2) is 42.6 Å². The molecule has 0 atom stereocenters. The molecular formula is C19H15FN2O3. The highest BCUT2D eigenvalue weighted by Crippen LogP contribution is 2.34. The molecule has 2 N–H and O–H groups in total. The zero-order valence-corrected chi connectivity index (χ0v) is 13.4. The first-order chi connectivity index (χ1) is 12.0. The van der Waals surface area contributed by atoms with Crippen molar-refractivity contribution in [2.45, 2.75) is 13.3 Å². The van der Waals surface area contributed by atoms with Gasteiger partial charge in [-0.2, -0.15) is 0 Å². The van der Waals surface area contributed by atoms with Gasteiger partial charge in [-0.15, -0.1) is 0 Å². The van der Waals surface area contributed by atoms with Crippen LogP contribution in [0.4, 0.5) is 10.1 Å². The molecule has 0 spiro atoms. The normalized spacial score (nSPS) is 10.6. The van der Waals surface area contributed by atoms with Crippen molar-refractivity contribution >= 4 is 28.8 Å². The number of carbonyl (C=O) groups excluding carboxylic acids is 2. The average molecular weight is 338 g/mol. The Morgan fingerprint density at radius 1 is 1.24 bits per heavy atom. The standard InChI is InChI=1S/C19H15FN2O3/c1-11(24)15-8-17(22-10-23)16-7-13(9-21-18(16)19(15)25)6-12-2-4-14(20)5-3-12/h2-5,7-10,25H,6H2,1H3,(H,22,23). The lowest BCUT2D eigenvalue weighted by atomic mass is 10.0.